The molecule has 0 bridgehead atoms. The fourth-order valence-corrected chi connectivity index (χ4v) is 3.37. The van der Waals surface area contributed by atoms with Gasteiger partial charge >= 0.3 is 5.97 Å². The predicted molar refractivity (Wildman–Crippen MR) is 138 cm³/mol. The molecule has 3 aromatic rings. The van der Waals surface area contributed by atoms with Gasteiger partial charge in [0.2, 0.25) is 0 Å². The van der Waals surface area contributed by atoms with Crippen molar-refractivity contribution in [2.45, 2.75) is 26.7 Å². The molecule has 0 aliphatic heterocycles. The van der Waals surface area contributed by atoms with Crippen molar-refractivity contribution in [3.8, 4) is 17.2 Å². The van der Waals surface area contributed by atoms with Crippen molar-refractivity contribution in [2.24, 2.45) is 5.10 Å². The maximum Gasteiger partial charge on any atom is 0.343 e. The minimum atomic E-state index is -0.473. The first-order valence-electron chi connectivity index (χ1n) is 11.2. The van der Waals surface area contributed by atoms with Gasteiger partial charge in [-0.1, -0.05) is 47.5 Å². The zero-order valence-corrected chi connectivity index (χ0v) is 21.2. The summed E-state index contributed by atoms with van der Waals surface area (Å²) in [5.74, 6) is 0.714. The summed E-state index contributed by atoms with van der Waals surface area (Å²) >= 11 is 3.39. The zero-order valence-electron chi connectivity index (χ0n) is 19.6. The molecule has 0 saturated heterocycles. The van der Waals surface area contributed by atoms with E-state index in [9.17, 15) is 9.59 Å². The molecule has 0 atom stereocenters. The zero-order chi connectivity index (χ0) is 25.0. The van der Waals surface area contributed by atoms with Crippen LogP contribution >= 0.6 is 15.9 Å². The van der Waals surface area contributed by atoms with Crippen molar-refractivity contribution in [3.63, 3.8) is 0 Å². The quantitative estimate of drug-likeness (QED) is 0.111. The van der Waals surface area contributed by atoms with E-state index in [1.807, 2.05) is 19.1 Å². The summed E-state index contributed by atoms with van der Waals surface area (Å²) in [4.78, 5) is 24.7. The Morgan fingerprint density at radius 2 is 1.71 bits per heavy atom. The Morgan fingerprint density at radius 3 is 2.43 bits per heavy atom. The minimum absolute atomic E-state index is 0.207. The molecule has 0 aliphatic carbocycles. The molecule has 0 saturated carbocycles. The topological polar surface area (TPSA) is 86.2 Å². The summed E-state index contributed by atoms with van der Waals surface area (Å²) in [6.45, 7) is 4.41. The Bertz CT molecular complexity index is 1180. The number of aryl methyl sites for hydroxylation is 1. The lowest BCUT2D eigenvalue weighted by atomic mass is 10.1. The lowest BCUT2D eigenvalue weighted by Crippen LogP contribution is -2.24. The second-order valence-electron chi connectivity index (χ2n) is 7.64. The fourth-order valence-electron chi connectivity index (χ4n) is 2.99. The monoisotopic (exact) mass is 538 g/mol. The van der Waals surface area contributed by atoms with Gasteiger partial charge in [0.15, 0.2) is 6.61 Å². The number of ether oxygens (including phenoxy) is 3. The number of rotatable bonds is 11. The maximum absolute atomic E-state index is 12.6. The van der Waals surface area contributed by atoms with Gasteiger partial charge in [-0.3, -0.25) is 4.79 Å². The Balaban J connectivity index is 1.54. The fraction of sp³-hybridized carbons (Fsp3) is 0.222. The number of nitrogens with zero attached hydrogens (tertiary/aromatic N) is 1. The molecule has 0 radical (unpaired) electrons. The highest BCUT2D eigenvalue weighted by Gasteiger charge is 2.13. The van der Waals surface area contributed by atoms with E-state index < -0.39 is 11.9 Å². The highest BCUT2D eigenvalue weighted by molar-refractivity contribution is 9.10. The van der Waals surface area contributed by atoms with Gasteiger partial charge < -0.3 is 14.2 Å². The Kier molecular flexibility index (Phi) is 9.86. The van der Waals surface area contributed by atoms with E-state index >= 15 is 0 Å². The first kappa shape index (κ1) is 26.0. The van der Waals surface area contributed by atoms with Crippen molar-refractivity contribution in [1.82, 2.24) is 5.43 Å². The normalized spacial score (nSPS) is 10.7. The van der Waals surface area contributed by atoms with Crippen LogP contribution in [0.25, 0.3) is 0 Å². The second kappa shape index (κ2) is 13.3. The number of hydrogen-bond acceptors (Lipinski definition) is 6. The molecular formula is C27H27BrN2O5. The van der Waals surface area contributed by atoms with Crippen LogP contribution in [0, 0.1) is 6.92 Å². The van der Waals surface area contributed by atoms with Crippen LogP contribution in [-0.4, -0.2) is 31.3 Å². The largest absolute Gasteiger partial charge is 0.494 e. The predicted octanol–water partition coefficient (Wildman–Crippen LogP) is 5.68. The third-order valence-corrected chi connectivity index (χ3v) is 5.39. The van der Waals surface area contributed by atoms with Crippen LogP contribution in [0.1, 0.15) is 41.3 Å². The van der Waals surface area contributed by atoms with E-state index in [1.165, 1.54) is 6.21 Å². The molecule has 0 unspecified atom stereocenters. The van der Waals surface area contributed by atoms with Gasteiger partial charge in [0.05, 0.1) is 18.4 Å². The summed E-state index contributed by atoms with van der Waals surface area (Å²) in [7, 11) is 0. The summed E-state index contributed by atoms with van der Waals surface area (Å²) < 4.78 is 17.4. The second-order valence-corrected chi connectivity index (χ2v) is 8.56. The average Bonchev–Trinajstić information content (AvgIpc) is 2.85. The number of carbonyl (C=O) groups is 2. The van der Waals surface area contributed by atoms with Crippen LogP contribution in [-0.2, 0) is 4.79 Å². The molecule has 1 N–H and O–H groups in total. The highest BCUT2D eigenvalue weighted by Crippen LogP contribution is 2.23. The lowest BCUT2D eigenvalue weighted by molar-refractivity contribution is -0.123. The molecule has 8 heteroatoms. The molecule has 35 heavy (non-hydrogen) atoms. The summed E-state index contributed by atoms with van der Waals surface area (Å²) in [5.41, 5.74) is 4.22. The lowest BCUT2D eigenvalue weighted by Gasteiger charge is -2.09. The molecule has 3 rings (SSSR count). The van der Waals surface area contributed by atoms with Gasteiger partial charge in [-0.15, -0.1) is 0 Å². The smallest absolute Gasteiger partial charge is 0.343 e. The molecule has 1 amide bonds. The van der Waals surface area contributed by atoms with Crippen LogP contribution in [0.15, 0.2) is 76.3 Å². The van der Waals surface area contributed by atoms with Crippen LogP contribution in [0.5, 0.6) is 17.2 Å². The van der Waals surface area contributed by atoms with Gasteiger partial charge in [0, 0.05) is 10.0 Å². The Labute approximate surface area is 213 Å². The first-order valence-corrected chi connectivity index (χ1v) is 12.0. The number of halogens is 1. The van der Waals surface area contributed by atoms with E-state index in [0.717, 1.165) is 28.6 Å². The van der Waals surface area contributed by atoms with Gasteiger partial charge in [-0.05, 0) is 67.4 Å². The van der Waals surface area contributed by atoms with E-state index in [2.05, 4.69) is 33.4 Å². The molecule has 0 aromatic heterocycles. The van der Waals surface area contributed by atoms with E-state index in [0.29, 0.717) is 29.2 Å². The maximum atomic E-state index is 12.6. The van der Waals surface area contributed by atoms with Crippen LogP contribution in [0.3, 0.4) is 0 Å². The summed E-state index contributed by atoms with van der Waals surface area (Å²) in [6.07, 6.45) is 3.47. The van der Waals surface area contributed by atoms with Crippen molar-refractivity contribution in [1.29, 1.82) is 0 Å². The van der Waals surface area contributed by atoms with Crippen molar-refractivity contribution in [3.05, 3.63) is 87.9 Å². The molecule has 7 nitrogen and oxygen atoms in total. The standard InChI is InChI=1S/C27H27BrN2O5/c1-3-4-15-33-22-10-12-23(13-11-22)34-18-26(31)30-29-17-20-16-21(28)9-14-25(20)35-27(32)24-8-6-5-7-19(24)2/h5-14,16-17H,3-4,15,18H2,1-2H3,(H,30,31)/b29-17+. The Hall–Kier alpha value is -3.65. The molecule has 0 aliphatic rings. The average molecular weight is 539 g/mol. The molecular weight excluding hydrogens is 512 g/mol. The van der Waals surface area contributed by atoms with Crippen LogP contribution in [0.4, 0.5) is 0 Å². The molecule has 0 spiro atoms. The van der Waals surface area contributed by atoms with Gasteiger partial charge in [0.25, 0.3) is 5.91 Å². The highest BCUT2D eigenvalue weighted by atomic mass is 79.9. The van der Waals surface area contributed by atoms with Crippen LogP contribution in [0.2, 0.25) is 0 Å². The van der Waals surface area contributed by atoms with Crippen molar-refractivity contribution >= 4 is 34.0 Å². The summed E-state index contributed by atoms with van der Waals surface area (Å²) in [5, 5.41) is 3.97. The number of nitrogens with one attached hydrogen (secondary N) is 1. The van der Waals surface area contributed by atoms with Gasteiger partial charge in [0.1, 0.15) is 17.2 Å². The van der Waals surface area contributed by atoms with Crippen molar-refractivity contribution < 1.29 is 23.8 Å². The van der Waals surface area contributed by atoms with Crippen LogP contribution < -0.4 is 19.6 Å². The van der Waals surface area contributed by atoms with Gasteiger partial charge in [-0.2, -0.15) is 5.10 Å². The Morgan fingerprint density at radius 1 is 1.00 bits per heavy atom. The minimum Gasteiger partial charge on any atom is -0.494 e. The number of esters is 1. The number of hydrogen-bond donors (Lipinski definition) is 1. The third kappa shape index (κ3) is 8.26. The number of amides is 1. The third-order valence-electron chi connectivity index (χ3n) is 4.89. The van der Waals surface area contributed by atoms with E-state index in [-0.39, 0.29) is 6.61 Å². The number of carbonyl (C=O) groups excluding carboxylic acids is 2. The number of hydrazone groups is 1. The SMILES string of the molecule is CCCCOc1ccc(OCC(=O)N/N=C/c2cc(Br)ccc2OC(=O)c2ccccc2C)cc1. The van der Waals surface area contributed by atoms with Crippen molar-refractivity contribution in [2.75, 3.05) is 13.2 Å². The van der Waals surface area contributed by atoms with E-state index in [1.54, 1.807) is 54.6 Å². The first-order chi connectivity index (χ1) is 17.0. The number of unbranched alkanes of at least 4 members (excludes halogenated alkanes) is 1. The molecule has 0 heterocycles. The molecule has 0 fully saturated rings. The van der Waals surface area contributed by atoms with E-state index in [4.69, 9.17) is 14.2 Å². The summed E-state index contributed by atoms with van der Waals surface area (Å²) in [6, 6.07) is 19.4. The molecule has 3 aromatic carbocycles. The molecule has 182 valence electrons. The van der Waals surface area contributed by atoms with Gasteiger partial charge in [-0.25, -0.2) is 10.2 Å². The number of benzene rings is 3.